The van der Waals surface area contributed by atoms with E-state index in [9.17, 15) is 18.4 Å². The number of benzene rings is 2. The number of nitrogens with one attached hydrogen (secondary N) is 4. The largest absolute Gasteiger partial charge is 0.351 e. The first-order chi connectivity index (χ1) is 14.5. The van der Waals surface area contributed by atoms with Gasteiger partial charge in [0.15, 0.2) is 13.1 Å². The highest BCUT2D eigenvalue weighted by atomic mass is 19.1. The molecule has 160 valence electrons. The maximum atomic E-state index is 13.6. The fourth-order valence-corrected chi connectivity index (χ4v) is 3.64. The van der Waals surface area contributed by atoms with Gasteiger partial charge in [-0.05, 0) is 36.2 Å². The number of quaternary nitrogens is 2. The van der Waals surface area contributed by atoms with Gasteiger partial charge in [-0.3, -0.25) is 9.59 Å². The van der Waals surface area contributed by atoms with Crippen LogP contribution in [0.1, 0.15) is 5.56 Å². The van der Waals surface area contributed by atoms with Gasteiger partial charge in [-0.15, -0.1) is 0 Å². The molecule has 2 amide bonds. The zero-order valence-electron chi connectivity index (χ0n) is 16.8. The van der Waals surface area contributed by atoms with Crippen LogP contribution in [-0.4, -0.2) is 57.6 Å². The van der Waals surface area contributed by atoms with Gasteiger partial charge in [-0.2, -0.15) is 0 Å². The summed E-state index contributed by atoms with van der Waals surface area (Å²) in [6.07, 6.45) is 0.464. The number of carbonyl (C=O) groups is 2. The minimum absolute atomic E-state index is 0.0476. The van der Waals surface area contributed by atoms with E-state index in [1.165, 1.54) is 23.1 Å². The molecule has 4 N–H and O–H groups in total. The number of carbonyl (C=O) groups excluding carboxylic acids is 2. The van der Waals surface area contributed by atoms with Crippen molar-refractivity contribution in [3.8, 4) is 0 Å². The van der Waals surface area contributed by atoms with E-state index in [0.29, 0.717) is 37.3 Å². The van der Waals surface area contributed by atoms with E-state index in [1.807, 2.05) is 0 Å². The van der Waals surface area contributed by atoms with Crippen molar-refractivity contribution in [1.29, 1.82) is 0 Å². The predicted molar refractivity (Wildman–Crippen MR) is 109 cm³/mol. The van der Waals surface area contributed by atoms with Crippen LogP contribution in [0.4, 0.5) is 14.5 Å². The first-order valence-electron chi connectivity index (χ1n) is 10.2. The molecule has 1 aliphatic rings. The molecule has 0 saturated carbocycles. The summed E-state index contributed by atoms with van der Waals surface area (Å²) in [4.78, 5) is 26.6. The molecule has 1 saturated heterocycles. The van der Waals surface area contributed by atoms with Gasteiger partial charge in [-0.1, -0.05) is 24.3 Å². The van der Waals surface area contributed by atoms with Gasteiger partial charge >= 0.3 is 0 Å². The third kappa shape index (κ3) is 6.89. The fraction of sp³-hybridized carbons (Fsp3) is 0.364. The molecule has 0 unspecified atom stereocenters. The maximum Gasteiger partial charge on any atom is 0.279 e. The van der Waals surface area contributed by atoms with Crippen molar-refractivity contribution in [2.75, 3.05) is 51.1 Å². The molecule has 1 heterocycles. The summed E-state index contributed by atoms with van der Waals surface area (Å²) in [6.45, 7) is 4.26. The lowest BCUT2D eigenvalue weighted by atomic mass is 10.1. The Hall–Kier alpha value is -2.84. The van der Waals surface area contributed by atoms with E-state index in [-0.39, 0.29) is 23.4 Å². The molecule has 0 radical (unpaired) electrons. The van der Waals surface area contributed by atoms with Crippen molar-refractivity contribution in [3.05, 3.63) is 65.7 Å². The van der Waals surface area contributed by atoms with E-state index >= 15 is 0 Å². The molecule has 1 fully saturated rings. The molecule has 3 rings (SSSR count). The van der Waals surface area contributed by atoms with Crippen LogP contribution in [0.15, 0.2) is 48.5 Å². The molecule has 8 heteroatoms. The molecule has 0 aromatic heterocycles. The smallest absolute Gasteiger partial charge is 0.279 e. The summed E-state index contributed by atoms with van der Waals surface area (Å²) in [6, 6.07) is 12.4. The normalized spacial score (nSPS) is 18.6. The van der Waals surface area contributed by atoms with Crippen LogP contribution in [0.3, 0.4) is 0 Å². The predicted octanol–water partition coefficient (Wildman–Crippen LogP) is -0.954. The van der Waals surface area contributed by atoms with Crippen LogP contribution in [0.5, 0.6) is 0 Å². The molecule has 6 nitrogen and oxygen atoms in total. The van der Waals surface area contributed by atoms with E-state index in [0.717, 1.165) is 31.1 Å². The Morgan fingerprint density at radius 1 is 0.867 bits per heavy atom. The fourth-order valence-electron chi connectivity index (χ4n) is 3.64. The molecule has 2 aromatic rings. The monoisotopic (exact) mass is 418 g/mol. The molecule has 2 aromatic carbocycles. The highest BCUT2D eigenvalue weighted by Gasteiger charge is 2.26. The average molecular weight is 418 g/mol. The minimum Gasteiger partial charge on any atom is -0.351 e. The van der Waals surface area contributed by atoms with Gasteiger partial charge in [0.2, 0.25) is 0 Å². The van der Waals surface area contributed by atoms with Crippen LogP contribution < -0.4 is 20.4 Å². The molecule has 30 heavy (non-hydrogen) atoms. The average Bonchev–Trinajstić information content (AvgIpc) is 2.71. The third-order valence-electron chi connectivity index (χ3n) is 5.27. The van der Waals surface area contributed by atoms with Crippen molar-refractivity contribution in [2.24, 2.45) is 0 Å². The Morgan fingerprint density at radius 2 is 1.53 bits per heavy atom. The van der Waals surface area contributed by atoms with Gasteiger partial charge in [-0.25, -0.2) is 8.78 Å². The maximum absolute atomic E-state index is 13.6. The van der Waals surface area contributed by atoms with Gasteiger partial charge in [0.25, 0.3) is 11.8 Å². The zero-order chi connectivity index (χ0) is 21.3. The number of rotatable bonds is 8. The van der Waals surface area contributed by atoms with Gasteiger partial charge < -0.3 is 20.4 Å². The Kier molecular flexibility index (Phi) is 7.87. The second kappa shape index (κ2) is 10.8. The van der Waals surface area contributed by atoms with Crippen molar-refractivity contribution in [1.82, 2.24) is 5.32 Å². The van der Waals surface area contributed by atoms with E-state index < -0.39 is 0 Å². The SMILES string of the molecule is O=C(C[NH+]1CC[NH+](CC(=O)Nc2cccc(F)c2)CC1)NCCc1ccccc1F. The lowest BCUT2D eigenvalue weighted by Crippen LogP contribution is -3.28. The number of hydrogen-bond acceptors (Lipinski definition) is 2. The van der Waals surface area contributed by atoms with Crippen molar-refractivity contribution in [2.45, 2.75) is 6.42 Å². The Balaban J connectivity index is 1.32. The second-order valence-corrected chi connectivity index (χ2v) is 7.60. The van der Waals surface area contributed by atoms with E-state index in [4.69, 9.17) is 0 Å². The second-order valence-electron chi connectivity index (χ2n) is 7.60. The Labute approximate surface area is 174 Å². The standard InChI is InChI=1S/C22H26F2N4O2/c23-18-5-3-6-19(14-18)26-22(30)16-28-12-10-27(11-13-28)15-21(29)25-9-8-17-4-1-2-7-20(17)24/h1-7,14H,8-13,15-16H2,(H,25,29)(H,26,30)/p+2. The number of anilines is 1. The number of piperazine rings is 1. The zero-order valence-corrected chi connectivity index (χ0v) is 16.8. The summed E-state index contributed by atoms with van der Waals surface area (Å²) < 4.78 is 26.8. The van der Waals surface area contributed by atoms with Gasteiger partial charge in [0.1, 0.15) is 37.8 Å². The topological polar surface area (TPSA) is 67.1 Å². The molecule has 0 aliphatic carbocycles. The molecule has 0 spiro atoms. The van der Waals surface area contributed by atoms with Gasteiger partial charge in [0, 0.05) is 12.2 Å². The summed E-state index contributed by atoms with van der Waals surface area (Å²) in [5.74, 6) is -0.832. The molecule has 1 aliphatic heterocycles. The van der Waals surface area contributed by atoms with Crippen LogP contribution in [0.2, 0.25) is 0 Å². The number of amides is 2. The summed E-state index contributed by atoms with van der Waals surface area (Å²) in [5, 5.41) is 5.57. The number of halogens is 2. The lowest BCUT2D eigenvalue weighted by molar-refractivity contribution is -1.00. The van der Waals surface area contributed by atoms with E-state index in [2.05, 4.69) is 10.6 Å². The molecule has 0 bridgehead atoms. The Bertz CT molecular complexity index is 870. The van der Waals surface area contributed by atoms with E-state index in [1.54, 1.807) is 30.3 Å². The summed E-state index contributed by atoms with van der Waals surface area (Å²) in [7, 11) is 0. The molecular formula is C22H28F2N4O2+2. The summed E-state index contributed by atoms with van der Waals surface area (Å²) >= 11 is 0. The quantitative estimate of drug-likeness (QED) is 0.447. The van der Waals surface area contributed by atoms with Crippen LogP contribution in [0, 0.1) is 11.6 Å². The highest BCUT2D eigenvalue weighted by Crippen LogP contribution is 2.08. The van der Waals surface area contributed by atoms with Crippen molar-refractivity contribution in [3.63, 3.8) is 0 Å². The first-order valence-corrected chi connectivity index (χ1v) is 10.2. The van der Waals surface area contributed by atoms with Crippen molar-refractivity contribution < 1.29 is 28.2 Å². The Morgan fingerprint density at radius 3 is 2.20 bits per heavy atom. The molecular weight excluding hydrogens is 390 g/mol. The lowest BCUT2D eigenvalue weighted by Gasteiger charge is -2.29. The third-order valence-corrected chi connectivity index (χ3v) is 5.27. The van der Waals surface area contributed by atoms with Crippen LogP contribution >= 0.6 is 0 Å². The van der Waals surface area contributed by atoms with Crippen molar-refractivity contribution >= 4 is 17.5 Å². The first kappa shape index (κ1) is 21.9. The van der Waals surface area contributed by atoms with Gasteiger partial charge in [0.05, 0.1) is 0 Å². The molecule has 0 atom stereocenters. The number of hydrogen-bond donors (Lipinski definition) is 4. The minimum atomic E-state index is -0.385. The van der Waals surface area contributed by atoms with Crippen LogP contribution in [-0.2, 0) is 16.0 Å². The highest BCUT2D eigenvalue weighted by molar-refractivity contribution is 5.91. The van der Waals surface area contributed by atoms with Crippen LogP contribution in [0.25, 0.3) is 0 Å². The summed E-state index contributed by atoms with van der Waals surface area (Å²) in [5.41, 5.74) is 1.05.